The van der Waals surface area contributed by atoms with E-state index in [1.54, 1.807) is 7.05 Å². The zero-order chi connectivity index (χ0) is 16.3. The molecule has 124 valence electrons. The number of piperidine rings is 1. The number of likely N-dealkylation sites (tertiary alicyclic amines) is 1. The number of hydrogen-bond acceptors (Lipinski definition) is 2. The molecule has 1 aromatic rings. The Bertz CT molecular complexity index is 558. The molecule has 3 rings (SSSR count). The fourth-order valence-corrected chi connectivity index (χ4v) is 3.65. The minimum atomic E-state index is -0.731. The van der Waals surface area contributed by atoms with Gasteiger partial charge in [0.25, 0.3) is 0 Å². The highest BCUT2D eigenvalue weighted by Crippen LogP contribution is 2.48. The summed E-state index contributed by atoms with van der Waals surface area (Å²) >= 11 is 0. The van der Waals surface area contributed by atoms with Crippen LogP contribution in [0.1, 0.15) is 37.7 Å². The first-order valence-corrected chi connectivity index (χ1v) is 8.71. The Hall–Kier alpha value is -1.84. The van der Waals surface area contributed by atoms with E-state index in [0.717, 1.165) is 32.4 Å². The Morgan fingerprint density at radius 3 is 2.39 bits per heavy atom. The number of amides is 2. The second-order valence-electron chi connectivity index (χ2n) is 6.92. The van der Waals surface area contributed by atoms with Crippen molar-refractivity contribution in [3.8, 4) is 0 Å². The molecule has 1 heterocycles. The van der Waals surface area contributed by atoms with E-state index in [-0.39, 0.29) is 11.8 Å². The molecule has 0 unspecified atom stereocenters. The summed E-state index contributed by atoms with van der Waals surface area (Å²) in [5.74, 6) is 0.640. The van der Waals surface area contributed by atoms with Crippen molar-refractivity contribution in [1.82, 2.24) is 10.2 Å². The molecule has 1 aliphatic heterocycles. The maximum absolute atomic E-state index is 12.6. The van der Waals surface area contributed by atoms with E-state index in [0.29, 0.717) is 18.8 Å². The molecule has 0 aromatic heterocycles. The van der Waals surface area contributed by atoms with E-state index in [4.69, 9.17) is 0 Å². The van der Waals surface area contributed by atoms with Crippen molar-refractivity contribution >= 4 is 11.8 Å². The van der Waals surface area contributed by atoms with E-state index in [9.17, 15) is 9.59 Å². The molecule has 1 aliphatic carbocycles. The summed E-state index contributed by atoms with van der Waals surface area (Å²) in [5, 5.41) is 2.65. The predicted molar refractivity (Wildman–Crippen MR) is 89.8 cm³/mol. The zero-order valence-electron chi connectivity index (χ0n) is 13.9. The lowest BCUT2D eigenvalue weighted by atomic mass is 9.89. The Morgan fingerprint density at radius 2 is 1.83 bits per heavy atom. The molecule has 1 saturated heterocycles. The molecule has 0 radical (unpaired) electrons. The number of nitrogens with one attached hydrogen (secondary N) is 1. The monoisotopic (exact) mass is 314 g/mol. The van der Waals surface area contributed by atoms with Gasteiger partial charge >= 0.3 is 0 Å². The number of hydrogen-bond donors (Lipinski definition) is 1. The largest absolute Gasteiger partial charge is 0.358 e. The summed E-state index contributed by atoms with van der Waals surface area (Å²) in [6, 6.07) is 10.6. The van der Waals surface area contributed by atoms with Crippen molar-refractivity contribution in [3.05, 3.63) is 35.9 Å². The number of carbonyl (C=O) groups is 2. The Balaban J connectivity index is 1.47. The Labute approximate surface area is 138 Å². The summed E-state index contributed by atoms with van der Waals surface area (Å²) < 4.78 is 0. The summed E-state index contributed by atoms with van der Waals surface area (Å²) in [5.41, 5.74) is 0.661. The van der Waals surface area contributed by atoms with Gasteiger partial charge in [0, 0.05) is 20.1 Å². The van der Waals surface area contributed by atoms with Crippen molar-refractivity contribution < 1.29 is 9.59 Å². The highest BCUT2D eigenvalue weighted by Gasteiger charge is 2.57. The van der Waals surface area contributed by atoms with Gasteiger partial charge in [-0.25, -0.2) is 0 Å². The summed E-state index contributed by atoms with van der Waals surface area (Å²) in [7, 11) is 1.62. The van der Waals surface area contributed by atoms with Crippen molar-refractivity contribution in [1.29, 1.82) is 0 Å². The third kappa shape index (κ3) is 3.41. The van der Waals surface area contributed by atoms with Gasteiger partial charge in [-0.1, -0.05) is 30.3 Å². The molecule has 1 aromatic carbocycles. The third-order valence-electron chi connectivity index (χ3n) is 5.41. The van der Waals surface area contributed by atoms with Crippen LogP contribution in [0.5, 0.6) is 0 Å². The van der Waals surface area contributed by atoms with Crippen molar-refractivity contribution in [2.75, 3.05) is 20.1 Å². The fourth-order valence-electron chi connectivity index (χ4n) is 3.65. The maximum atomic E-state index is 12.6. The van der Waals surface area contributed by atoms with Crippen LogP contribution in [0.15, 0.2) is 30.3 Å². The van der Waals surface area contributed by atoms with E-state index in [2.05, 4.69) is 29.6 Å². The fraction of sp³-hybridized carbons (Fsp3) is 0.579. The van der Waals surface area contributed by atoms with Crippen LogP contribution in [0, 0.1) is 11.3 Å². The average molecular weight is 314 g/mol. The van der Waals surface area contributed by atoms with Crippen LogP contribution >= 0.6 is 0 Å². The van der Waals surface area contributed by atoms with Gasteiger partial charge in [0.2, 0.25) is 11.8 Å². The van der Waals surface area contributed by atoms with Crippen LogP contribution in [0.2, 0.25) is 0 Å². The highest BCUT2D eigenvalue weighted by molar-refractivity contribution is 6.07. The molecule has 0 spiro atoms. The molecule has 2 amide bonds. The first-order chi connectivity index (χ1) is 11.2. The lowest BCUT2D eigenvalue weighted by molar-refractivity contribution is -0.145. The minimum absolute atomic E-state index is 0.0540. The van der Waals surface area contributed by atoms with Gasteiger partial charge < -0.3 is 10.2 Å². The molecule has 1 saturated carbocycles. The van der Waals surface area contributed by atoms with Gasteiger partial charge in [0.1, 0.15) is 5.41 Å². The van der Waals surface area contributed by atoms with Crippen LogP contribution in [0.25, 0.3) is 0 Å². The lowest BCUT2D eigenvalue weighted by Crippen LogP contribution is -2.47. The van der Waals surface area contributed by atoms with Gasteiger partial charge in [-0.2, -0.15) is 0 Å². The lowest BCUT2D eigenvalue weighted by Gasteiger charge is -2.34. The first-order valence-electron chi connectivity index (χ1n) is 8.71. The number of carbonyl (C=O) groups excluding carboxylic acids is 2. The van der Waals surface area contributed by atoms with Crippen molar-refractivity contribution in [2.45, 2.75) is 38.5 Å². The van der Waals surface area contributed by atoms with Crippen LogP contribution in [-0.2, 0) is 16.0 Å². The number of aryl methyl sites for hydroxylation is 1. The minimum Gasteiger partial charge on any atom is -0.358 e. The SMILES string of the molecule is CNC(=O)C1(C(=O)N2CCC(CCc3ccccc3)CC2)CC1. The first kappa shape index (κ1) is 16.0. The van der Waals surface area contributed by atoms with Crippen LogP contribution in [0.3, 0.4) is 0 Å². The summed E-state index contributed by atoms with van der Waals surface area (Å²) in [6.07, 6.45) is 5.83. The second kappa shape index (κ2) is 6.73. The molecule has 2 aliphatic rings. The molecule has 23 heavy (non-hydrogen) atoms. The van der Waals surface area contributed by atoms with Gasteiger partial charge in [-0.05, 0) is 50.0 Å². The number of nitrogens with zero attached hydrogens (tertiary/aromatic N) is 1. The van der Waals surface area contributed by atoms with Crippen LogP contribution in [-0.4, -0.2) is 36.9 Å². The van der Waals surface area contributed by atoms with Gasteiger partial charge in [-0.15, -0.1) is 0 Å². The zero-order valence-corrected chi connectivity index (χ0v) is 13.9. The molecule has 0 bridgehead atoms. The smallest absolute Gasteiger partial charge is 0.238 e. The van der Waals surface area contributed by atoms with E-state index >= 15 is 0 Å². The second-order valence-corrected chi connectivity index (χ2v) is 6.92. The standard InChI is InChI=1S/C19H26N2O2/c1-20-17(22)19(11-12-19)18(23)21-13-9-16(10-14-21)8-7-15-5-3-2-4-6-15/h2-6,16H,7-14H2,1H3,(H,20,22). The highest BCUT2D eigenvalue weighted by atomic mass is 16.2. The molecule has 0 atom stereocenters. The molecule has 4 nitrogen and oxygen atoms in total. The molecule has 2 fully saturated rings. The number of benzene rings is 1. The maximum Gasteiger partial charge on any atom is 0.238 e. The van der Waals surface area contributed by atoms with E-state index in [1.165, 1.54) is 12.0 Å². The molecular formula is C19H26N2O2. The predicted octanol–water partition coefficient (Wildman–Crippen LogP) is 2.38. The Morgan fingerprint density at radius 1 is 1.17 bits per heavy atom. The quantitative estimate of drug-likeness (QED) is 0.848. The van der Waals surface area contributed by atoms with E-state index < -0.39 is 5.41 Å². The van der Waals surface area contributed by atoms with Crippen LogP contribution in [0.4, 0.5) is 0 Å². The van der Waals surface area contributed by atoms with Gasteiger partial charge in [-0.3, -0.25) is 9.59 Å². The molecular weight excluding hydrogens is 288 g/mol. The summed E-state index contributed by atoms with van der Waals surface area (Å²) in [6.45, 7) is 1.61. The normalized spacial score (nSPS) is 20.1. The van der Waals surface area contributed by atoms with Crippen molar-refractivity contribution in [3.63, 3.8) is 0 Å². The number of rotatable bonds is 5. The molecule has 1 N–H and O–H groups in total. The molecule has 4 heteroatoms. The average Bonchev–Trinajstić information content (AvgIpc) is 3.42. The van der Waals surface area contributed by atoms with Crippen LogP contribution < -0.4 is 5.32 Å². The van der Waals surface area contributed by atoms with E-state index in [1.807, 2.05) is 11.0 Å². The third-order valence-corrected chi connectivity index (χ3v) is 5.41. The Kier molecular flexibility index (Phi) is 4.69. The topological polar surface area (TPSA) is 49.4 Å². The van der Waals surface area contributed by atoms with Gasteiger partial charge in [0.15, 0.2) is 0 Å². The van der Waals surface area contributed by atoms with Crippen molar-refractivity contribution in [2.24, 2.45) is 11.3 Å². The summed E-state index contributed by atoms with van der Waals surface area (Å²) in [4.78, 5) is 26.5. The van der Waals surface area contributed by atoms with Gasteiger partial charge in [0.05, 0.1) is 0 Å².